The van der Waals surface area contributed by atoms with Gasteiger partial charge in [-0.15, -0.1) is 0 Å². The van der Waals surface area contributed by atoms with Crippen LogP contribution in [0.1, 0.15) is 48.3 Å². The minimum Gasteiger partial charge on any atom is -0.497 e. The Morgan fingerprint density at radius 1 is 1.00 bits per heavy atom. The first-order valence-corrected chi connectivity index (χ1v) is 12.4. The van der Waals surface area contributed by atoms with Gasteiger partial charge in [0.2, 0.25) is 5.91 Å². The number of nitrogens with zero attached hydrogens (tertiary/aromatic N) is 3. The van der Waals surface area contributed by atoms with Crippen LogP contribution in [0.15, 0.2) is 72.9 Å². The molecule has 2 amide bonds. The third kappa shape index (κ3) is 6.53. The van der Waals surface area contributed by atoms with Crippen molar-refractivity contribution < 1.29 is 14.3 Å². The molecule has 0 atom stereocenters. The number of aromatic nitrogens is 1. The molecule has 1 aliphatic rings. The van der Waals surface area contributed by atoms with Crippen LogP contribution in [0.4, 0.5) is 0 Å². The first kappa shape index (κ1) is 24.6. The molecule has 1 saturated carbocycles. The topological polar surface area (TPSA) is 54.8 Å². The van der Waals surface area contributed by atoms with Crippen molar-refractivity contribution in [3.05, 3.63) is 89.7 Å². The van der Waals surface area contributed by atoms with Crippen LogP contribution in [0.3, 0.4) is 0 Å². The lowest BCUT2D eigenvalue weighted by molar-refractivity contribution is -0.133. The van der Waals surface area contributed by atoms with E-state index >= 15 is 0 Å². The van der Waals surface area contributed by atoms with E-state index in [-0.39, 0.29) is 30.3 Å². The number of amides is 2. The predicted molar refractivity (Wildman–Crippen MR) is 137 cm³/mol. The molecule has 3 aromatic rings. The third-order valence-electron chi connectivity index (χ3n) is 6.30. The van der Waals surface area contributed by atoms with Crippen molar-refractivity contribution in [2.75, 3.05) is 20.2 Å². The highest BCUT2D eigenvalue weighted by Crippen LogP contribution is 2.29. The molecule has 0 bridgehead atoms. The number of carbonyl (C=O) groups is 2. The normalized spacial score (nSPS) is 13.0. The lowest BCUT2D eigenvalue weighted by Gasteiger charge is -2.29. The fourth-order valence-electron chi connectivity index (χ4n) is 4.34. The minimum atomic E-state index is -0.127. The molecular weight excluding hydrogens is 438 g/mol. The summed E-state index contributed by atoms with van der Waals surface area (Å²) in [5, 5.41) is 0. The van der Waals surface area contributed by atoms with E-state index in [1.54, 1.807) is 36.3 Å². The van der Waals surface area contributed by atoms with E-state index < -0.39 is 0 Å². The number of carbonyl (C=O) groups excluding carboxylic acids is 2. The van der Waals surface area contributed by atoms with Gasteiger partial charge in [0.05, 0.1) is 13.7 Å². The molecule has 4 rings (SSSR count). The monoisotopic (exact) mass is 473 g/mol. The lowest BCUT2D eigenvalue weighted by atomic mass is 10.1. The van der Waals surface area contributed by atoms with E-state index in [0.717, 1.165) is 25.1 Å². The smallest absolute Gasteiger partial charge is 0.254 e. The molecule has 1 aromatic heterocycles. The second-order valence-electron chi connectivity index (χ2n) is 9.67. The van der Waals surface area contributed by atoms with Crippen LogP contribution in [0.2, 0.25) is 0 Å². The maximum atomic E-state index is 13.6. The Morgan fingerprint density at radius 2 is 1.71 bits per heavy atom. The molecule has 184 valence electrons. The van der Waals surface area contributed by atoms with Crippen molar-refractivity contribution in [3.63, 3.8) is 0 Å². The fraction of sp³-hybridized carbons (Fsp3) is 0.379. The van der Waals surface area contributed by atoms with Gasteiger partial charge in [0, 0.05) is 36.6 Å². The molecule has 1 heterocycles. The molecule has 0 unspecified atom stereocenters. The molecule has 1 fully saturated rings. The summed E-state index contributed by atoms with van der Waals surface area (Å²) >= 11 is 0. The third-order valence-corrected chi connectivity index (χ3v) is 6.30. The van der Waals surface area contributed by atoms with Gasteiger partial charge in [0.25, 0.3) is 5.91 Å². The molecule has 6 heteroatoms. The van der Waals surface area contributed by atoms with E-state index in [9.17, 15) is 9.59 Å². The average molecular weight is 474 g/mol. The van der Waals surface area contributed by atoms with E-state index in [1.807, 2.05) is 29.2 Å². The fourth-order valence-corrected chi connectivity index (χ4v) is 4.34. The van der Waals surface area contributed by atoms with Crippen LogP contribution in [-0.4, -0.2) is 52.4 Å². The highest BCUT2D eigenvalue weighted by molar-refractivity contribution is 5.96. The first-order valence-electron chi connectivity index (χ1n) is 12.4. The average Bonchev–Trinajstić information content (AvgIpc) is 3.61. The quantitative estimate of drug-likeness (QED) is 0.401. The summed E-state index contributed by atoms with van der Waals surface area (Å²) in [6.07, 6.45) is 4.10. The summed E-state index contributed by atoms with van der Waals surface area (Å²) in [6, 6.07) is 21.8. The number of hydrogen-bond acceptors (Lipinski definition) is 3. The van der Waals surface area contributed by atoms with Crippen molar-refractivity contribution >= 4 is 11.8 Å². The van der Waals surface area contributed by atoms with Crippen molar-refractivity contribution in [1.82, 2.24) is 14.4 Å². The number of ether oxygens (including phenoxy) is 1. The Bertz CT molecular complexity index is 1120. The van der Waals surface area contributed by atoms with Gasteiger partial charge < -0.3 is 19.1 Å². The van der Waals surface area contributed by atoms with Gasteiger partial charge in [-0.05, 0) is 60.7 Å². The van der Waals surface area contributed by atoms with Gasteiger partial charge in [-0.25, -0.2) is 0 Å². The zero-order chi connectivity index (χ0) is 24.8. The predicted octanol–water partition coefficient (Wildman–Crippen LogP) is 4.83. The molecule has 0 radical (unpaired) electrons. The molecular formula is C29H35N3O3. The maximum Gasteiger partial charge on any atom is 0.254 e. The number of benzene rings is 2. The van der Waals surface area contributed by atoms with Crippen LogP contribution in [0.5, 0.6) is 5.75 Å². The molecule has 2 aromatic carbocycles. The van der Waals surface area contributed by atoms with Crippen LogP contribution < -0.4 is 4.74 Å². The largest absolute Gasteiger partial charge is 0.497 e. The van der Waals surface area contributed by atoms with Gasteiger partial charge >= 0.3 is 0 Å². The van der Waals surface area contributed by atoms with Gasteiger partial charge in [-0.2, -0.15) is 0 Å². The van der Waals surface area contributed by atoms with E-state index in [1.165, 1.54) is 5.56 Å². The van der Waals surface area contributed by atoms with Crippen LogP contribution in [-0.2, 0) is 17.9 Å². The summed E-state index contributed by atoms with van der Waals surface area (Å²) in [4.78, 5) is 30.5. The van der Waals surface area contributed by atoms with Crippen molar-refractivity contribution in [2.24, 2.45) is 5.92 Å². The zero-order valence-corrected chi connectivity index (χ0v) is 20.9. The highest BCUT2D eigenvalue weighted by Gasteiger charge is 2.34. The van der Waals surface area contributed by atoms with Crippen LogP contribution in [0, 0.1) is 5.92 Å². The summed E-state index contributed by atoms with van der Waals surface area (Å²) in [5.41, 5.74) is 2.89. The Kier molecular flexibility index (Phi) is 7.91. The SMILES string of the molecule is COc1ccc(C(=O)N(CC(=O)N(Cc2cccn2Cc2ccccc2)C2CC2)CC(C)C)cc1. The van der Waals surface area contributed by atoms with Crippen LogP contribution >= 0.6 is 0 Å². The number of hydrogen-bond donors (Lipinski definition) is 0. The minimum absolute atomic E-state index is 0.00229. The van der Waals surface area contributed by atoms with Gasteiger partial charge in [-0.1, -0.05) is 44.2 Å². The second-order valence-corrected chi connectivity index (χ2v) is 9.67. The molecule has 6 nitrogen and oxygen atoms in total. The molecule has 1 aliphatic carbocycles. The van der Waals surface area contributed by atoms with Crippen molar-refractivity contribution in [1.29, 1.82) is 0 Å². The molecule has 0 spiro atoms. The van der Waals surface area contributed by atoms with Crippen LogP contribution in [0.25, 0.3) is 0 Å². The van der Waals surface area contributed by atoms with E-state index in [2.05, 4.69) is 42.8 Å². The van der Waals surface area contributed by atoms with E-state index in [4.69, 9.17) is 4.74 Å². The summed E-state index contributed by atoms with van der Waals surface area (Å²) in [5.74, 6) is 0.828. The lowest BCUT2D eigenvalue weighted by Crippen LogP contribution is -2.45. The van der Waals surface area contributed by atoms with Gasteiger partial charge in [0.1, 0.15) is 12.3 Å². The number of rotatable bonds is 11. The Balaban J connectivity index is 1.48. The van der Waals surface area contributed by atoms with Gasteiger partial charge in [0.15, 0.2) is 0 Å². The Morgan fingerprint density at radius 3 is 2.34 bits per heavy atom. The Hall–Kier alpha value is -3.54. The second kappa shape index (κ2) is 11.3. The Labute approximate surface area is 208 Å². The van der Waals surface area contributed by atoms with E-state index in [0.29, 0.717) is 24.4 Å². The molecule has 0 N–H and O–H groups in total. The molecule has 0 saturated heterocycles. The summed E-state index contributed by atoms with van der Waals surface area (Å²) < 4.78 is 7.41. The van der Waals surface area contributed by atoms with Crippen molar-refractivity contribution in [3.8, 4) is 5.75 Å². The summed E-state index contributed by atoms with van der Waals surface area (Å²) in [6.45, 7) is 6.06. The maximum absolute atomic E-state index is 13.6. The highest BCUT2D eigenvalue weighted by atomic mass is 16.5. The van der Waals surface area contributed by atoms with Gasteiger partial charge in [-0.3, -0.25) is 9.59 Å². The zero-order valence-electron chi connectivity index (χ0n) is 20.9. The summed E-state index contributed by atoms with van der Waals surface area (Å²) in [7, 11) is 1.60. The molecule has 35 heavy (non-hydrogen) atoms. The first-order chi connectivity index (χ1) is 16.9. The van der Waals surface area contributed by atoms with Crippen molar-refractivity contribution in [2.45, 2.75) is 45.8 Å². The molecule has 0 aliphatic heterocycles. The standard InChI is InChI=1S/C29H35N3O3/c1-22(2)18-31(29(34)24-11-15-27(35-3)16-12-24)21-28(33)32(25-13-14-25)20-26-10-7-17-30(26)19-23-8-5-4-6-9-23/h4-12,15-17,22,25H,13-14,18-21H2,1-3H3. The number of methoxy groups -OCH3 is 1.